The van der Waals surface area contributed by atoms with Crippen LogP contribution in [0.2, 0.25) is 0 Å². The number of unbranched alkanes of at least 4 members (excludes halogenated alkanes) is 1. The summed E-state index contributed by atoms with van der Waals surface area (Å²) in [5.41, 5.74) is 0.687. The Morgan fingerprint density at radius 1 is 1.00 bits per heavy atom. The maximum Gasteiger partial charge on any atom is -0.0295 e. The molecule has 2 fully saturated rings. The van der Waals surface area contributed by atoms with E-state index in [2.05, 4.69) is 20.8 Å². The molecule has 0 bridgehead atoms. The van der Waals surface area contributed by atoms with Gasteiger partial charge >= 0.3 is 0 Å². The summed E-state index contributed by atoms with van der Waals surface area (Å²) >= 11 is 0. The summed E-state index contributed by atoms with van der Waals surface area (Å²) in [6, 6.07) is 0. The van der Waals surface area contributed by atoms with Crippen LogP contribution in [0.3, 0.4) is 0 Å². The van der Waals surface area contributed by atoms with Crippen molar-refractivity contribution in [2.24, 2.45) is 23.2 Å². The standard InChI is InChI=1S/C19H36/c1-4-6-12-18(5-2)19(3)14-13-17(15-19)16-10-8-7-9-11-16/h16-18H,4-15H2,1-3H3. The molecule has 0 nitrogen and oxygen atoms in total. The zero-order valence-electron chi connectivity index (χ0n) is 13.7. The van der Waals surface area contributed by atoms with Crippen LogP contribution in [-0.4, -0.2) is 0 Å². The molecule has 0 N–H and O–H groups in total. The molecular weight excluding hydrogens is 228 g/mol. The summed E-state index contributed by atoms with van der Waals surface area (Å²) in [5, 5.41) is 0. The first-order chi connectivity index (χ1) is 9.19. The highest BCUT2D eigenvalue weighted by Crippen LogP contribution is 2.53. The fourth-order valence-electron chi connectivity index (χ4n) is 5.19. The lowest BCUT2D eigenvalue weighted by Crippen LogP contribution is -2.25. The van der Waals surface area contributed by atoms with E-state index in [9.17, 15) is 0 Å². The molecule has 0 saturated heterocycles. The van der Waals surface area contributed by atoms with Crippen LogP contribution in [0.25, 0.3) is 0 Å². The second kappa shape index (κ2) is 7.14. The van der Waals surface area contributed by atoms with Crippen molar-refractivity contribution in [2.45, 2.75) is 97.8 Å². The van der Waals surface area contributed by atoms with Gasteiger partial charge in [0.25, 0.3) is 0 Å². The molecule has 2 aliphatic carbocycles. The van der Waals surface area contributed by atoms with Crippen molar-refractivity contribution in [3.8, 4) is 0 Å². The van der Waals surface area contributed by atoms with Gasteiger partial charge in [-0.05, 0) is 48.9 Å². The predicted octanol–water partition coefficient (Wildman–Crippen LogP) is 6.59. The van der Waals surface area contributed by atoms with Crippen molar-refractivity contribution in [3.05, 3.63) is 0 Å². The normalized spacial score (nSPS) is 34.6. The molecule has 0 spiro atoms. The molecule has 0 aromatic rings. The van der Waals surface area contributed by atoms with Crippen LogP contribution in [0.1, 0.15) is 97.8 Å². The van der Waals surface area contributed by atoms with Crippen LogP contribution >= 0.6 is 0 Å². The second-order valence-electron chi connectivity index (χ2n) is 7.80. The molecule has 0 heteroatoms. The molecular formula is C19H36. The summed E-state index contributed by atoms with van der Waals surface area (Å²) in [6.07, 6.45) is 18.0. The number of hydrogen-bond donors (Lipinski definition) is 0. The highest BCUT2D eigenvalue weighted by molar-refractivity contribution is 4.93. The number of rotatable bonds is 6. The van der Waals surface area contributed by atoms with Crippen LogP contribution in [0.5, 0.6) is 0 Å². The van der Waals surface area contributed by atoms with Gasteiger partial charge in [0.15, 0.2) is 0 Å². The Labute approximate surface area is 121 Å². The van der Waals surface area contributed by atoms with Gasteiger partial charge in [0, 0.05) is 0 Å². The largest absolute Gasteiger partial charge is 0.0654 e. The summed E-state index contributed by atoms with van der Waals surface area (Å²) in [4.78, 5) is 0. The molecule has 0 heterocycles. The van der Waals surface area contributed by atoms with Gasteiger partial charge in [0.05, 0.1) is 0 Å². The van der Waals surface area contributed by atoms with E-state index in [-0.39, 0.29) is 0 Å². The Morgan fingerprint density at radius 2 is 1.74 bits per heavy atom. The highest BCUT2D eigenvalue weighted by atomic mass is 14.5. The lowest BCUT2D eigenvalue weighted by Gasteiger charge is -2.35. The monoisotopic (exact) mass is 264 g/mol. The van der Waals surface area contributed by atoms with E-state index >= 15 is 0 Å². The molecule has 0 aromatic carbocycles. The van der Waals surface area contributed by atoms with E-state index in [4.69, 9.17) is 0 Å². The van der Waals surface area contributed by atoms with Crippen molar-refractivity contribution in [1.82, 2.24) is 0 Å². The van der Waals surface area contributed by atoms with Gasteiger partial charge in [-0.1, -0.05) is 72.1 Å². The third-order valence-electron chi connectivity index (χ3n) is 6.52. The first kappa shape index (κ1) is 15.4. The number of hydrogen-bond acceptors (Lipinski definition) is 0. The van der Waals surface area contributed by atoms with E-state index in [0.29, 0.717) is 5.41 Å². The van der Waals surface area contributed by atoms with Crippen molar-refractivity contribution < 1.29 is 0 Å². The fourth-order valence-corrected chi connectivity index (χ4v) is 5.19. The highest BCUT2D eigenvalue weighted by Gasteiger charge is 2.42. The SMILES string of the molecule is CCCCC(CC)C1(C)CCC(C2CCCCC2)C1. The molecule has 19 heavy (non-hydrogen) atoms. The van der Waals surface area contributed by atoms with Crippen molar-refractivity contribution in [1.29, 1.82) is 0 Å². The maximum atomic E-state index is 2.62. The van der Waals surface area contributed by atoms with Gasteiger partial charge in [-0.3, -0.25) is 0 Å². The Morgan fingerprint density at radius 3 is 2.37 bits per heavy atom. The third-order valence-corrected chi connectivity index (χ3v) is 6.52. The minimum atomic E-state index is 0.687. The molecule has 112 valence electrons. The molecule has 0 radical (unpaired) electrons. The molecule has 0 amide bonds. The second-order valence-corrected chi connectivity index (χ2v) is 7.80. The Bertz CT molecular complexity index is 251. The van der Waals surface area contributed by atoms with Crippen LogP contribution in [0.4, 0.5) is 0 Å². The topological polar surface area (TPSA) is 0 Å². The van der Waals surface area contributed by atoms with Crippen LogP contribution in [0.15, 0.2) is 0 Å². The molecule has 0 aromatic heterocycles. The van der Waals surface area contributed by atoms with Crippen molar-refractivity contribution in [3.63, 3.8) is 0 Å². The van der Waals surface area contributed by atoms with E-state index in [1.165, 1.54) is 51.4 Å². The van der Waals surface area contributed by atoms with E-state index in [1.54, 1.807) is 25.7 Å². The summed E-state index contributed by atoms with van der Waals surface area (Å²) in [7, 11) is 0. The maximum absolute atomic E-state index is 2.62. The van der Waals surface area contributed by atoms with Gasteiger partial charge in [-0.25, -0.2) is 0 Å². The third kappa shape index (κ3) is 3.76. The molecule has 3 atom stereocenters. The molecule has 2 aliphatic rings. The van der Waals surface area contributed by atoms with Crippen molar-refractivity contribution in [2.75, 3.05) is 0 Å². The van der Waals surface area contributed by atoms with Crippen LogP contribution in [0, 0.1) is 23.2 Å². The van der Waals surface area contributed by atoms with E-state index in [1.807, 2.05) is 0 Å². The van der Waals surface area contributed by atoms with E-state index < -0.39 is 0 Å². The van der Waals surface area contributed by atoms with Crippen LogP contribution < -0.4 is 0 Å². The van der Waals surface area contributed by atoms with Gasteiger partial charge in [-0.2, -0.15) is 0 Å². The zero-order valence-corrected chi connectivity index (χ0v) is 13.7. The van der Waals surface area contributed by atoms with Crippen molar-refractivity contribution >= 4 is 0 Å². The predicted molar refractivity (Wildman–Crippen MR) is 85.3 cm³/mol. The summed E-state index contributed by atoms with van der Waals surface area (Å²) in [6.45, 7) is 7.40. The average molecular weight is 264 g/mol. The Balaban J connectivity index is 1.90. The minimum Gasteiger partial charge on any atom is -0.0654 e. The molecule has 0 aliphatic heterocycles. The van der Waals surface area contributed by atoms with E-state index in [0.717, 1.165) is 17.8 Å². The first-order valence-electron chi connectivity index (χ1n) is 9.19. The fraction of sp³-hybridized carbons (Fsp3) is 1.00. The smallest absolute Gasteiger partial charge is 0.0295 e. The first-order valence-corrected chi connectivity index (χ1v) is 9.19. The lowest BCUT2D eigenvalue weighted by atomic mass is 9.70. The molecule has 2 saturated carbocycles. The van der Waals surface area contributed by atoms with Gasteiger partial charge < -0.3 is 0 Å². The van der Waals surface area contributed by atoms with Gasteiger partial charge in [-0.15, -0.1) is 0 Å². The average Bonchev–Trinajstić information content (AvgIpc) is 2.84. The summed E-state index contributed by atoms with van der Waals surface area (Å²) < 4.78 is 0. The molecule has 3 unspecified atom stereocenters. The minimum absolute atomic E-state index is 0.687. The molecule has 2 rings (SSSR count). The lowest BCUT2D eigenvalue weighted by molar-refractivity contribution is 0.149. The summed E-state index contributed by atoms with van der Waals surface area (Å²) in [5.74, 6) is 3.18. The van der Waals surface area contributed by atoms with Gasteiger partial charge in [0.1, 0.15) is 0 Å². The van der Waals surface area contributed by atoms with Crippen LogP contribution in [-0.2, 0) is 0 Å². The Kier molecular flexibility index (Phi) is 5.78. The zero-order chi connectivity index (χ0) is 13.7. The van der Waals surface area contributed by atoms with Gasteiger partial charge in [0.2, 0.25) is 0 Å². The Hall–Kier alpha value is 0. The quantitative estimate of drug-likeness (QED) is 0.507.